The summed E-state index contributed by atoms with van der Waals surface area (Å²) in [5.41, 5.74) is 3.46. The molecular weight excluding hydrogens is 557 g/mol. The normalized spacial score (nSPS) is 12.2. The summed E-state index contributed by atoms with van der Waals surface area (Å²) in [7, 11) is -6.13. The average molecular weight is 585 g/mol. The van der Waals surface area contributed by atoms with E-state index < -0.39 is 20.0 Å². The van der Waals surface area contributed by atoms with Gasteiger partial charge in [-0.3, -0.25) is 0 Å². The van der Waals surface area contributed by atoms with Crippen molar-refractivity contribution in [2.24, 2.45) is 0 Å². The Morgan fingerprint density at radius 2 is 0.816 bits per heavy atom. The van der Waals surface area contributed by atoms with E-state index in [0.29, 0.717) is 0 Å². The zero-order valence-electron chi connectivity index (χ0n) is 21.0. The van der Waals surface area contributed by atoms with Crippen LogP contribution in [0.5, 0.6) is 0 Å². The molecule has 198 valence electrons. The largest absolute Gasteiger partial charge is 0.253 e. The van der Waals surface area contributed by atoms with Gasteiger partial charge < -0.3 is 0 Å². The number of hydrogen-bond donors (Lipinski definition) is 0. The van der Waals surface area contributed by atoms with Crippen molar-refractivity contribution < 1.29 is 16.8 Å². The Morgan fingerprint density at radius 1 is 0.500 bits per heavy atom. The molecule has 0 heterocycles. The van der Waals surface area contributed by atoms with Crippen LogP contribution in [-0.4, -0.2) is 24.3 Å². The molecule has 0 N–H and O–H groups in total. The summed E-state index contributed by atoms with van der Waals surface area (Å²) in [5, 5.41) is 0. The maximum Gasteiger partial charge on any atom is 0.253 e. The molecule has 6 nitrogen and oxygen atoms in total. The Morgan fingerprint density at radius 3 is 1.13 bits per heavy atom. The molecule has 0 atom stereocenters. The average Bonchev–Trinajstić information content (AvgIpc) is 2.91. The van der Waals surface area contributed by atoms with E-state index in [0.717, 1.165) is 44.2 Å². The molecule has 4 rings (SSSR count). The molecule has 0 aliphatic heterocycles. The maximum absolute atomic E-state index is 13.7. The van der Waals surface area contributed by atoms with Gasteiger partial charge in [0, 0.05) is 22.0 Å². The fourth-order valence-electron chi connectivity index (χ4n) is 3.50. The number of nitrogens with zero attached hydrogens (tertiary/aromatic N) is 2. The van der Waals surface area contributed by atoms with Gasteiger partial charge in [0.15, 0.2) is 0 Å². The third-order valence-electron chi connectivity index (χ3n) is 5.68. The Bertz CT molecular complexity index is 1420. The van der Waals surface area contributed by atoms with Gasteiger partial charge in [-0.2, -0.15) is 0 Å². The van der Waals surface area contributed by atoms with Crippen molar-refractivity contribution in [1.82, 2.24) is 7.42 Å². The van der Waals surface area contributed by atoms with Gasteiger partial charge in [-0.05, 0) is 49.2 Å². The van der Waals surface area contributed by atoms with Crippen LogP contribution in [0.3, 0.4) is 0 Å². The highest BCUT2D eigenvalue weighted by Gasteiger charge is 2.31. The zero-order valence-corrected chi connectivity index (χ0v) is 24.2. The van der Waals surface area contributed by atoms with E-state index in [2.05, 4.69) is 0 Å². The fraction of sp³-hybridized carbons (Fsp3) is 0.143. The van der Waals surface area contributed by atoms with Gasteiger partial charge in [0.1, 0.15) is 0 Å². The van der Waals surface area contributed by atoms with Crippen LogP contribution in [0.25, 0.3) is 0 Å². The van der Waals surface area contributed by atoms with Gasteiger partial charge in [-0.15, -0.1) is 7.42 Å². The quantitative estimate of drug-likeness (QED) is 0.146. The van der Waals surface area contributed by atoms with Crippen LogP contribution in [0.4, 0.5) is 0 Å². The smallest absolute Gasteiger partial charge is 0.206 e. The molecule has 0 aromatic heterocycles. The first-order valence-corrected chi connectivity index (χ1v) is 16.7. The standard InChI is InChI=1S/C28H28N2O4S4/c1-23-13-17-27(18-14-23)37(31,32)29(21-25-9-5-3-6-10-25)35-36-30(22-26-11-7-4-8-12-26)38(33,34)28-19-15-24(2)16-20-28/h3-20H,21-22H2,1-2H3. The number of benzene rings is 4. The van der Waals surface area contributed by atoms with E-state index in [-0.39, 0.29) is 22.9 Å². The molecule has 0 amide bonds. The highest BCUT2D eigenvalue weighted by molar-refractivity contribution is 8.76. The molecule has 0 aliphatic carbocycles. The van der Waals surface area contributed by atoms with E-state index >= 15 is 0 Å². The summed E-state index contributed by atoms with van der Waals surface area (Å²) in [6.45, 7) is 3.91. The molecule has 10 heteroatoms. The lowest BCUT2D eigenvalue weighted by molar-refractivity contribution is 0.537. The number of rotatable bonds is 11. The van der Waals surface area contributed by atoms with Crippen LogP contribution in [0, 0.1) is 13.8 Å². The third kappa shape index (κ3) is 7.07. The van der Waals surface area contributed by atoms with Crippen molar-refractivity contribution in [3.05, 3.63) is 131 Å². The van der Waals surface area contributed by atoms with Crippen molar-refractivity contribution >= 4 is 42.0 Å². The minimum absolute atomic E-state index is 0.0679. The highest BCUT2D eigenvalue weighted by Crippen LogP contribution is 2.39. The van der Waals surface area contributed by atoms with Crippen LogP contribution in [0.2, 0.25) is 0 Å². The van der Waals surface area contributed by atoms with Crippen LogP contribution < -0.4 is 0 Å². The molecule has 0 saturated carbocycles. The van der Waals surface area contributed by atoms with Crippen molar-refractivity contribution in [2.75, 3.05) is 0 Å². The van der Waals surface area contributed by atoms with Gasteiger partial charge in [-0.25, -0.2) is 16.8 Å². The first-order valence-electron chi connectivity index (χ1n) is 11.8. The van der Waals surface area contributed by atoms with Crippen molar-refractivity contribution in [2.45, 2.75) is 36.7 Å². The number of hydrogen-bond acceptors (Lipinski definition) is 6. The minimum Gasteiger partial charge on any atom is -0.206 e. The Balaban J connectivity index is 1.68. The lowest BCUT2D eigenvalue weighted by Gasteiger charge is -2.25. The molecule has 0 saturated heterocycles. The highest BCUT2D eigenvalue weighted by atomic mass is 33.1. The van der Waals surface area contributed by atoms with E-state index in [1.165, 1.54) is 7.42 Å². The summed E-state index contributed by atoms with van der Waals surface area (Å²) in [4.78, 5) is 0.284. The Hall–Kier alpha value is -2.60. The van der Waals surface area contributed by atoms with Crippen LogP contribution in [0.15, 0.2) is 119 Å². The molecule has 0 aliphatic rings. The second-order valence-electron chi connectivity index (χ2n) is 8.68. The van der Waals surface area contributed by atoms with E-state index in [4.69, 9.17) is 0 Å². The molecule has 0 spiro atoms. The molecule has 0 unspecified atom stereocenters. The summed E-state index contributed by atoms with van der Waals surface area (Å²) >= 11 is 0. The lowest BCUT2D eigenvalue weighted by atomic mass is 10.2. The first-order chi connectivity index (χ1) is 18.2. The number of aryl methyl sites for hydroxylation is 2. The molecule has 0 radical (unpaired) electrons. The summed E-state index contributed by atoms with van der Waals surface area (Å²) in [6.07, 6.45) is 0. The second kappa shape index (κ2) is 12.5. The minimum atomic E-state index is -3.95. The predicted octanol–water partition coefficient (Wildman–Crippen LogP) is 6.60. The summed E-state index contributed by atoms with van der Waals surface area (Å²) < 4.78 is 57.3. The zero-order chi connectivity index (χ0) is 27.2. The van der Waals surface area contributed by atoms with Crippen LogP contribution in [-0.2, 0) is 33.1 Å². The molecular formula is C28H28N2O4S4. The molecule has 0 bridgehead atoms. The maximum atomic E-state index is 13.7. The summed E-state index contributed by atoms with van der Waals surface area (Å²) in [6, 6.07) is 31.7. The van der Waals surface area contributed by atoms with E-state index in [1.54, 1.807) is 48.5 Å². The Kier molecular flexibility index (Phi) is 9.35. The van der Waals surface area contributed by atoms with Crippen molar-refractivity contribution in [3.63, 3.8) is 0 Å². The molecule has 0 fully saturated rings. The third-order valence-corrected chi connectivity index (χ3v) is 12.9. The van der Waals surface area contributed by atoms with Gasteiger partial charge in [0.25, 0.3) is 20.0 Å². The number of sulfonamides is 2. The SMILES string of the molecule is Cc1ccc(S(=O)(=O)N(Cc2ccccc2)SSN(Cc2ccccc2)S(=O)(=O)c2ccc(C)cc2)cc1. The van der Waals surface area contributed by atoms with Crippen LogP contribution in [0.1, 0.15) is 22.3 Å². The Labute approximate surface area is 233 Å². The lowest BCUT2D eigenvalue weighted by Crippen LogP contribution is -2.27. The van der Waals surface area contributed by atoms with Crippen molar-refractivity contribution in [1.29, 1.82) is 0 Å². The van der Waals surface area contributed by atoms with Crippen LogP contribution >= 0.6 is 22.0 Å². The van der Waals surface area contributed by atoms with Gasteiger partial charge in [-0.1, -0.05) is 96.1 Å². The first kappa shape index (κ1) is 28.4. The second-order valence-corrected chi connectivity index (χ2v) is 14.9. The van der Waals surface area contributed by atoms with E-state index in [1.807, 2.05) is 74.5 Å². The predicted molar refractivity (Wildman–Crippen MR) is 156 cm³/mol. The topological polar surface area (TPSA) is 74.8 Å². The monoisotopic (exact) mass is 584 g/mol. The summed E-state index contributed by atoms with van der Waals surface area (Å²) in [5.74, 6) is 0. The molecule has 4 aromatic carbocycles. The van der Waals surface area contributed by atoms with Crippen molar-refractivity contribution in [3.8, 4) is 0 Å². The molecule has 4 aromatic rings. The van der Waals surface area contributed by atoms with E-state index in [9.17, 15) is 16.8 Å². The van der Waals surface area contributed by atoms with Gasteiger partial charge in [0.05, 0.1) is 22.9 Å². The van der Waals surface area contributed by atoms with Gasteiger partial charge in [0.2, 0.25) is 0 Å². The van der Waals surface area contributed by atoms with Gasteiger partial charge >= 0.3 is 0 Å². The molecule has 38 heavy (non-hydrogen) atoms. The fourth-order valence-corrected chi connectivity index (χ4v) is 9.97.